The quantitative estimate of drug-likeness (QED) is 0.610. The van der Waals surface area contributed by atoms with Crippen LogP contribution in [-0.2, 0) is 19.6 Å². The van der Waals surface area contributed by atoms with Crippen molar-refractivity contribution in [3.63, 3.8) is 0 Å². The Bertz CT molecular complexity index is 1060. The van der Waals surface area contributed by atoms with Crippen LogP contribution in [-0.4, -0.2) is 15.8 Å². The maximum Gasteiger partial charge on any atom is 0.404 e. The van der Waals surface area contributed by atoms with Crippen LogP contribution < -0.4 is 16.6 Å². The molecule has 3 rings (SSSR count). The SMILES string of the molecule is CC(C)Cn1c(CN)c(-c2ccccc2)c2cc(CNC(=O)O)ccc2c1=O. The van der Waals surface area contributed by atoms with Gasteiger partial charge in [-0.15, -0.1) is 0 Å². The third kappa shape index (κ3) is 3.92. The lowest BCUT2D eigenvalue weighted by Gasteiger charge is -2.21. The average Bonchev–Trinajstić information content (AvgIpc) is 2.68. The molecule has 0 spiro atoms. The predicted octanol–water partition coefficient (Wildman–Crippen LogP) is 3.55. The fourth-order valence-corrected chi connectivity index (χ4v) is 3.53. The van der Waals surface area contributed by atoms with Crippen molar-refractivity contribution in [2.75, 3.05) is 0 Å². The molecule has 0 radical (unpaired) electrons. The van der Waals surface area contributed by atoms with Crippen molar-refractivity contribution in [3.8, 4) is 11.1 Å². The number of carboxylic acid groups (broad SMARTS) is 1. The first-order valence-electron chi connectivity index (χ1n) is 9.33. The first-order valence-corrected chi connectivity index (χ1v) is 9.33. The van der Waals surface area contributed by atoms with Gasteiger partial charge in [-0.2, -0.15) is 0 Å². The van der Waals surface area contributed by atoms with Gasteiger partial charge in [-0.1, -0.05) is 50.2 Å². The highest BCUT2D eigenvalue weighted by atomic mass is 16.4. The van der Waals surface area contributed by atoms with Crippen LogP contribution in [0.4, 0.5) is 4.79 Å². The van der Waals surface area contributed by atoms with Gasteiger partial charge >= 0.3 is 6.09 Å². The molecule has 3 aromatic rings. The Morgan fingerprint density at radius 1 is 1.14 bits per heavy atom. The van der Waals surface area contributed by atoms with Gasteiger partial charge in [-0.3, -0.25) is 4.79 Å². The molecule has 0 aliphatic heterocycles. The highest BCUT2D eigenvalue weighted by Gasteiger charge is 2.18. The fraction of sp³-hybridized carbons (Fsp3) is 0.273. The first kappa shape index (κ1) is 19.6. The molecule has 0 atom stereocenters. The second-order valence-electron chi connectivity index (χ2n) is 7.24. The second-order valence-corrected chi connectivity index (χ2v) is 7.24. The van der Waals surface area contributed by atoms with E-state index in [1.165, 1.54) is 0 Å². The van der Waals surface area contributed by atoms with Crippen molar-refractivity contribution in [1.82, 2.24) is 9.88 Å². The number of aromatic nitrogens is 1. The maximum absolute atomic E-state index is 13.2. The number of hydrogen-bond acceptors (Lipinski definition) is 3. The van der Waals surface area contributed by atoms with E-state index in [1.807, 2.05) is 36.4 Å². The van der Waals surface area contributed by atoms with Gasteiger partial charge in [0.05, 0.1) is 0 Å². The van der Waals surface area contributed by atoms with Gasteiger partial charge in [0.25, 0.3) is 5.56 Å². The van der Waals surface area contributed by atoms with Gasteiger partial charge in [0.15, 0.2) is 0 Å². The van der Waals surface area contributed by atoms with Crippen LogP contribution in [0.15, 0.2) is 53.3 Å². The zero-order valence-corrected chi connectivity index (χ0v) is 16.1. The van der Waals surface area contributed by atoms with E-state index < -0.39 is 6.09 Å². The third-order valence-electron chi connectivity index (χ3n) is 4.69. The summed E-state index contributed by atoms with van der Waals surface area (Å²) in [6.07, 6.45) is -1.08. The molecule has 0 fully saturated rings. The Hall–Kier alpha value is -3.12. The molecule has 0 bridgehead atoms. The van der Waals surface area contributed by atoms with Gasteiger partial charge in [-0.25, -0.2) is 4.79 Å². The summed E-state index contributed by atoms with van der Waals surface area (Å²) in [5.74, 6) is 0.295. The van der Waals surface area contributed by atoms with Gasteiger partial charge in [0.2, 0.25) is 0 Å². The molecule has 4 N–H and O–H groups in total. The molecule has 0 saturated carbocycles. The van der Waals surface area contributed by atoms with Gasteiger partial charge in [0, 0.05) is 36.3 Å². The molecule has 1 aromatic heterocycles. The van der Waals surface area contributed by atoms with Gasteiger partial charge in [0.1, 0.15) is 0 Å². The number of rotatable bonds is 6. The summed E-state index contributed by atoms with van der Waals surface area (Å²) < 4.78 is 1.78. The lowest BCUT2D eigenvalue weighted by atomic mass is 9.95. The van der Waals surface area contributed by atoms with Crippen LogP contribution in [0.3, 0.4) is 0 Å². The minimum absolute atomic E-state index is 0.0680. The molecule has 0 aliphatic carbocycles. The number of carbonyl (C=O) groups is 1. The normalized spacial score (nSPS) is 11.1. The molecule has 28 heavy (non-hydrogen) atoms. The number of pyridine rings is 1. The predicted molar refractivity (Wildman–Crippen MR) is 111 cm³/mol. The third-order valence-corrected chi connectivity index (χ3v) is 4.69. The highest BCUT2D eigenvalue weighted by molar-refractivity contribution is 5.97. The first-order chi connectivity index (χ1) is 13.4. The molecule has 6 nitrogen and oxygen atoms in total. The average molecular weight is 379 g/mol. The topological polar surface area (TPSA) is 97.3 Å². The van der Waals surface area contributed by atoms with E-state index in [4.69, 9.17) is 10.8 Å². The summed E-state index contributed by atoms with van der Waals surface area (Å²) in [5.41, 5.74) is 9.53. The Labute approximate surface area is 163 Å². The summed E-state index contributed by atoms with van der Waals surface area (Å²) in [7, 11) is 0. The standard InChI is InChI=1S/C22H25N3O3/c1-14(2)13-25-19(11-23)20(16-6-4-3-5-7-16)18-10-15(12-24-22(27)28)8-9-17(18)21(25)26/h3-10,14,24H,11-13,23H2,1-2H3,(H,27,28). The van der Waals surface area contributed by atoms with E-state index >= 15 is 0 Å². The summed E-state index contributed by atoms with van der Waals surface area (Å²) in [5, 5.41) is 12.7. The smallest absolute Gasteiger partial charge is 0.404 e. The lowest BCUT2D eigenvalue weighted by Crippen LogP contribution is -2.28. The van der Waals surface area contributed by atoms with Crippen molar-refractivity contribution >= 4 is 16.9 Å². The number of fused-ring (bicyclic) bond motifs is 1. The number of benzene rings is 2. The maximum atomic E-state index is 13.2. The van der Waals surface area contributed by atoms with Crippen LogP contribution in [0.1, 0.15) is 25.1 Å². The number of nitrogens with two attached hydrogens (primary N) is 1. The van der Waals surface area contributed by atoms with E-state index in [1.54, 1.807) is 16.7 Å². The lowest BCUT2D eigenvalue weighted by molar-refractivity contribution is 0.194. The van der Waals surface area contributed by atoms with Crippen LogP contribution in [0.2, 0.25) is 0 Å². The van der Waals surface area contributed by atoms with E-state index in [9.17, 15) is 9.59 Å². The molecule has 0 aliphatic rings. The zero-order chi connectivity index (χ0) is 20.3. The fourth-order valence-electron chi connectivity index (χ4n) is 3.53. The summed E-state index contributed by atoms with van der Waals surface area (Å²) >= 11 is 0. The largest absolute Gasteiger partial charge is 0.465 e. The molecule has 6 heteroatoms. The molecule has 0 unspecified atom stereocenters. The number of hydrogen-bond donors (Lipinski definition) is 3. The monoisotopic (exact) mass is 379 g/mol. The Morgan fingerprint density at radius 3 is 2.46 bits per heavy atom. The van der Waals surface area contributed by atoms with E-state index in [0.717, 1.165) is 27.8 Å². The van der Waals surface area contributed by atoms with Gasteiger partial charge in [-0.05, 0) is 34.6 Å². The molecule has 2 aromatic carbocycles. The van der Waals surface area contributed by atoms with Crippen molar-refractivity contribution in [2.24, 2.45) is 11.7 Å². The Balaban J connectivity index is 2.34. The van der Waals surface area contributed by atoms with E-state index in [-0.39, 0.29) is 18.6 Å². The van der Waals surface area contributed by atoms with Crippen LogP contribution in [0, 0.1) is 5.92 Å². The van der Waals surface area contributed by atoms with E-state index in [0.29, 0.717) is 17.8 Å². The molecular formula is C22H25N3O3. The summed E-state index contributed by atoms with van der Waals surface area (Å²) in [4.78, 5) is 24.0. The minimum atomic E-state index is -1.08. The molecular weight excluding hydrogens is 354 g/mol. The highest BCUT2D eigenvalue weighted by Crippen LogP contribution is 2.31. The van der Waals surface area contributed by atoms with Crippen molar-refractivity contribution in [2.45, 2.75) is 33.5 Å². The van der Waals surface area contributed by atoms with Crippen LogP contribution in [0.25, 0.3) is 21.9 Å². The van der Waals surface area contributed by atoms with Crippen LogP contribution in [0.5, 0.6) is 0 Å². The van der Waals surface area contributed by atoms with Crippen molar-refractivity contribution < 1.29 is 9.90 Å². The number of nitrogens with zero attached hydrogens (tertiary/aromatic N) is 1. The molecule has 1 heterocycles. The Kier molecular flexibility index (Phi) is 5.80. The molecule has 0 saturated heterocycles. The van der Waals surface area contributed by atoms with Crippen LogP contribution >= 0.6 is 0 Å². The number of nitrogens with one attached hydrogen (secondary N) is 1. The van der Waals surface area contributed by atoms with Crippen molar-refractivity contribution in [3.05, 3.63) is 70.1 Å². The molecule has 146 valence electrons. The van der Waals surface area contributed by atoms with Gasteiger partial charge < -0.3 is 20.7 Å². The van der Waals surface area contributed by atoms with Crippen molar-refractivity contribution in [1.29, 1.82) is 0 Å². The van der Waals surface area contributed by atoms with E-state index in [2.05, 4.69) is 19.2 Å². The zero-order valence-electron chi connectivity index (χ0n) is 16.1. The summed E-state index contributed by atoms with van der Waals surface area (Å²) in [6, 6.07) is 15.3. The second kappa shape index (κ2) is 8.27. The summed E-state index contributed by atoms with van der Waals surface area (Å²) in [6.45, 7) is 5.13. The minimum Gasteiger partial charge on any atom is -0.465 e. The number of amides is 1. The Morgan fingerprint density at radius 2 is 1.86 bits per heavy atom. The molecule has 1 amide bonds.